The zero-order valence-electron chi connectivity index (χ0n) is 11.0. The van der Waals surface area contributed by atoms with E-state index in [1.54, 1.807) is 0 Å². The minimum atomic E-state index is -1.27. The normalized spacial score (nSPS) is 22.6. The lowest BCUT2D eigenvalue weighted by molar-refractivity contribution is -0.150. The third-order valence-electron chi connectivity index (χ3n) is 3.78. The first-order chi connectivity index (χ1) is 9.38. The number of piperidine rings is 1. The highest BCUT2D eigenvalue weighted by Crippen LogP contribution is 2.31. The van der Waals surface area contributed by atoms with E-state index < -0.39 is 23.2 Å². The summed E-state index contributed by atoms with van der Waals surface area (Å²) < 4.78 is 13.4. The molecule has 0 saturated carbocycles. The summed E-state index contributed by atoms with van der Waals surface area (Å²) in [7, 11) is 0. The predicted molar refractivity (Wildman–Crippen MR) is 72.3 cm³/mol. The molecule has 1 aromatic carbocycles. The molecular formula is C14H15ClFNO3. The Hall–Kier alpha value is -1.62. The molecule has 0 bridgehead atoms. The summed E-state index contributed by atoms with van der Waals surface area (Å²) in [4.78, 5) is 25.3. The lowest BCUT2D eigenvalue weighted by atomic mass is 9.88. The van der Waals surface area contributed by atoms with E-state index in [1.165, 1.54) is 24.0 Å². The number of carbonyl (C=O) groups is 2. The molecule has 1 fully saturated rings. The first-order valence-corrected chi connectivity index (χ1v) is 6.75. The van der Waals surface area contributed by atoms with Crippen LogP contribution >= 0.6 is 11.6 Å². The van der Waals surface area contributed by atoms with E-state index in [1.807, 2.05) is 0 Å². The summed E-state index contributed by atoms with van der Waals surface area (Å²) in [6, 6.07) is 3.95. The molecule has 1 aromatic rings. The molecular weight excluding hydrogens is 285 g/mol. The van der Waals surface area contributed by atoms with Crippen molar-refractivity contribution >= 4 is 23.5 Å². The Morgan fingerprint density at radius 2 is 2.10 bits per heavy atom. The van der Waals surface area contributed by atoms with Gasteiger partial charge in [0, 0.05) is 6.54 Å². The fraction of sp³-hybridized carbons (Fsp3) is 0.429. The van der Waals surface area contributed by atoms with Gasteiger partial charge < -0.3 is 10.0 Å². The van der Waals surface area contributed by atoms with Crippen LogP contribution in [-0.4, -0.2) is 34.0 Å². The van der Waals surface area contributed by atoms with Crippen LogP contribution in [0.2, 0.25) is 5.02 Å². The maximum absolute atomic E-state index is 13.4. The fourth-order valence-corrected chi connectivity index (χ4v) is 2.69. The molecule has 0 aliphatic carbocycles. The molecule has 2 rings (SSSR count). The van der Waals surface area contributed by atoms with E-state index >= 15 is 0 Å². The van der Waals surface area contributed by atoms with E-state index in [4.69, 9.17) is 11.6 Å². The Morgan fingerprint density at radius 1 is 1.40 bits per heavy atom. The smallest absolute Gasteiger partial charge is 0.329 e. The van der Waals surface area contributed by atoms with Gasteiger partial charge in [0.2, 0.25) is 0 Å². The Balaban J connectivity index is 2.40. The van der Waals surface area contributed by atoms with Gasteiger partial charge in [-0.05, 0) is 38.3 Å². The molecule has 1 N–H and O–H groups in total. The van der Waals surface area contributed by atoms with E-state index in [-0.39, 0.29) is 10.6 Å². The number of halogens is 2. The second-order valence-corrected chi connectivity index (χ2v) is 5.47. The van der Waals surface area contributed by atoms with E-state index in [9.17, 15) is 19.1 Å². The highest BCUT2D eigenvalue weighted by Gasteiger charge is 2.44. The van der Waals surface area contributed by atoms with E-state index in [2.05, 4.69) is 0 Å². The van der Waals surface area contributed by atoms with Crippen molar-refractivity contribution in [2.75, 3.05) is 6.54 Å². The molecule has 4 nitrogen and oxygen atoms in total. The van der Waals surface area contributed by atoms with Crippen LogP contribution in [0.5, 0.6) is 0 Å². The van der Waals surface area contributed by atoms with Crippen LogP contribution in [0.4, 0.5) is 4.39 Å². The maximum atomic E-state index is 13.4. The summed E-state index contributed by atoms with van der Waals surface area (Å²) in [6.45, 7) is 1.84. The monoisotopic (exact) mass is 299 g/mol. The molecule has 1 aliphatic rings. The van der Waals surface area contributed by atoms with Gasteiger partial charge in [0.15, 0.2) is 0 Å². The number of hydrogen-bond donors (Lipinski definition) is 1. The Labute approximate surface area is 121 Å². The van der Waals surface area contributed by atoms with E-state index in [0.717, 1.165) is 18.9 Å². The molecule has 1 atom stereocenters. The lowest BCUT2D eigenvalue weighted by Crippen LogP contribution is -2.57. The zero-order chi connectivity index (χ0) is 14.9. The second-order valence-electron chi connectivity index (χ2n) is 5.09. The second kappa shape index (κ2) is 5.40. The number of hydrogen-bond acceptors (Lipinski definition) is 2. The number of nitrogens with zero attached hydrogens (tertiary/aromatic N) is 1. The molecule has 20 heavy (non-hydrogen) atoms. The van der Waals surface area contributed by atoms with Crippen molar-refractivity contribution in [3.63, 3.8) is 0 Å². The number of rotatable bonds is 2. The van der Waals surface area contributed by atoms with Crippen molar-refractivity contribution in [1.29, 1.82) is 0 Å². The Morgan fingerprint density at radius 3 is 2.75 bits per heavy atom. The quantitative estimate of drug-likeness (QED) is 0.913. The highest BCUT2D eigenvalue weighted by atomic mass is 35.5. The number of benzene rings is 1. The van der Waals surface area contributed by atoms with Gasteiger partial charge in [-0.25, -0.2) is 9.18 Å². The number of carboxylic acid groups (broad SMARTS) is 1. The molecule has 0 radical (unpaired) electrons. The molecule has 1 aliphatic heterocycles. The molecule has 1 amide bonds. The van der Waals surface area contributed by atoms with Crippen LogP contribution in [0.1, 0.15) is 36.5 Å². The SMILES string of the molecule is CC1(C(=O)O)CCCCN1C(=O)c1cccc(F)c1Cl. The van der Waals surface area contributed by atoms with Crippen LogP contribution < -0.4 is 0 Å². The number of carbonyl (C=O) groups excluding carboxylic acids is 1. The number of aliphatic carboxylic acids is 1. The lowest BCUT2D eigenvalue weighted by Gasteiger charge is -2.41. The molecule has 0 aromatic heterocycles. The number of likely N-dealkylation sites (tertiary alicyclic amines) is 1. The molecule has 1 unspecified atom stereocenters. The van der Waals surface area contributed by atoms with Crippen molar-refractivity contribution in [2.24, 2.45) is 0 Å². The predicted octanol–water partition coefficient (Wildman–Crippen LogP) is 2.95. The van der Waals surface area contributed by atoms with Crippen LogP contribution in [-0.2, 0) is 4.79 Å². The maximum Gasteiger partial charge on any atom is 0.329 e. The third-order valence-corrected chi connectivity index (χ3v) is 4.16. The average Bonchev–Trinajstić information content (AvgIpc) is 2.41. The summed E-state index contributed by atoms with van der Waals surface area (Å²) in [5.74, 6) is -2.29. The minimum Gasteiger partial charge on any atom is -0.480 e. The van der Waals surface area contributed by atoms with Crippen molar-refractivity contribution < 1.29 is 19.1 Å². The molecule has 108 valence electrons. The summed E-state index contributed by atoms with van der Waals surface area (Å²) >= 11 is 5.81. The molecule has 6 heteroatoms. The van der Waals surface area contributed by atoms with Gasteiger partial charge in [0.05, 0.1) is 10.6 Å². The van der Waals surface area contributed by atoms with Gasteiger partial charge in [0.25, 0.3) is 5.91 Å². The standard InChI is InChI=1S/C14H15ClFNO3/c1-14(13(19)20)7-2-3-8-17(14)12(18)9-5-4-6-10(16)11(9)15/h4-6H,2-3,7-8H2,1H3,(H,19,20). The Bertz CT molecular complexity index is 563. The first-order valence-electron chi connectivity index (χ1n) is 6.37. The van der Waals surface area contributed by atoms with Crippen molar-refractivity contribution in [3.8, 4) is 0 Å². The number of carboxylic acids is 1. The Kier molecular flexibility index (Phi) is 3.99. The van der Waals surface area contributed by atoms with Gasteiger partial charge in [-0.2, -0.15) is 0 Å². The van der Waals surface area contributed by atoms with E-state index in [0.29, 0.717) is 13.0 Å². The topological polar surface area (TPSA) is 57.6 Å². The van der Waals surface area contributed by atoms with Crippen LogP contribution in [0.3, 0.4) is 0 Å². The fourth-order valence-electron chi connectivity index (χ4n) is 2.48. The van der Waals surface area contributed by atoms with Crippen molar-refractivity contribution in [2.45, 2.75) is 31.7 Å². The largest absolute Gasteiger partial charge is 0.480 e. The average molecular weight is 300 g/mol. The van der Waals surface area contributed by atoms with Gasteiger partial charge in [-0.15, -0.1) is 0 Å². The van der Waals surface area contributed by atoms with Crippen LogP contribution in [0, 0.1) is 5.82 Å². The van der Waals surface area contributed by atoms with Gasteiger partial charge in [0.1, 0.15) is 11.4 Å². The van der Waals surface area contributed by atoms with Crippen LogP contribution in [0.25, 0.3) is 0 Å². The minimum absolute atomic E-state index is 0.000965. The van der Waals surface area contributed by atoms with Crippen LogP contribution in [0.15, 0.2) is 18.2 Å². The summed E-state index contributed by atoms with van der Waals surface area (Å²) in [5.41, 5.74) is -1.27. The van der Waals surface area contributed by atoms with Crippen molar-refractivity contribution in [1.82, 2.24) is 4.90 Å². The highest BCUT2D eigenvalue weighted by molar-refractivity contribution is 6.34. The third kappa shape index (κ3) is 2.38. The molecule has 1 saturated heterocycles. The summed E-state index contributed by atoms with van der Waals surface area (Å²) in [6.07, 6.45) is 1.84. The molecule has 0 spiro atoms. The van der Waals surface area contributed by atoms with Gasteiger partial charge in [-0.3, -0.25) is 4.79 Å². The molecule has 1 heterocycles. The van der Waals surface area contributed by atoms with Crippen molar-refractivity contribution in [3.05, 3.63) is 34.6 Å². The van der Waals surface area contributed by atoms with Gasteiger partial charge >= 0.3 is 5.97 Å². The van der Waals surface area contributed by atoms with Gasteiger partial charge in [-0.1, -0.05) is 17.7 Å². The first kappa shape index (κ1) is 14.8. The summed E-state index contributed by atoms with van der Waals surface area (Å²) in [5, 5.41) is 9.12. The zero-order valence-corrected chi connectivity index (χ0v) is 11.8. The number of amides is 1.